The first-order valence-electron chi connectivity index (χ1n) is 5.48. The number of amides is 1. The van der Waals surface area contributed by atoms with Gasteiger partial charge < -0.3 is 19.5 Å². The Hall–Kier alpha value is -1.91. The topological polar surface area (TPSA) is 56.8 Å². The zero-order valence-corrected chi connectivity index (χ0v) is 10.1. The van der Waals surface area contributed by atoms with Crippen LogP contribution in [0.5, 0.6) is 17.2 Å². The first-order valence-corrected chi connectivity index (χ1v) is 5.48. The SMILES string of the molecule is CCC1(C)Oc2ccc(OC(=O)NC)cc2O1. The molecular formula is C12H15NO4. The van der Waals surface area contributed by atoms with Gasteiger partial charge in [-0.05, 0) is 12.1 Å². The van der Waals surface area contributed by atoms with Crippen LogP contribution in [0.1, 0.15) is 20.3 Å². The minimum Gasteiger partial charge on any atom is -0.449 e. The number of rotatable bonds is 2. The minimum absolute atomic E-state index is 0.423. The maximum Gasteiger partial charge on any atom is 0.412 e. The molecule has 2 rings (SSSR count). The minimum atomic E-state index is -0.631. The van der Waals surface area contributed by atoms with Gasteiger partial charge >= 0.3 is 6.09 Å². The largest absolute Gasteiger partial charge is 0.449 e. The van der Waals surface area contributed by atoms with Crippen molar-refractivity contribution in [1.29, 1.82) is 0 Å². The standard InChI is InChI=1S/C12H15NO4/c1-4-12(2)16-9-6-5-8(7-10(9)17-12)15-11(14)13-3/h5-7H,4H2,1-3H3,(H,13,14). The van der Waals surface area contributed by atoms with Crippen LogP contribution >= 0.6 is 0 Å². The zero-order chi connectivity index (χ0) is 12.5. The van der Waals surface area contributed by atoms with Gasteiger partial charge in [-0.2, -0.15) is 0 Å². The molecule has 1 amide bonds. The summed E-state index contributed by atoms with van der Waals surface area (Å²) in [6.45, 7) is 3.85. The highest BCUT2D eigenvalue weighted by Crippen LogP contribution is 2.42. The first kappa shape index (κ1) is 11.6. The molecule has 1 heterocycles. The zero-order valence-electron chi connectivity index (χ0n) is 10.1. The Morgan fingerprint density at radius 2 is 2.12 bits per heavy atom. The second kappa shape index (κ2) is 4.16. The monoisotopic (exact) mass is 237 g/mol. The lowest BCUT2D eigenvalue weighted by molar-refractivity contribution is -0.0640. The molecule has 0 radical (unpaired) electrons. The lowest BCUT2D eigenvalue weighted by atomic mass is 10.2. The normalized spacial score (nSPS) is 21.1. The van der Waals surface area contributed by atoms with E-state index in [0.29, 0.717) is 17.2 Å². The van der Waals surface area contributed by atoms with Crippen molar-refractivity contribution in [2.45, 2.75) is 26.1 Å². The van der Waals surface area contributed by atoms with Crippen LogP contribution < -0.4 is 19.5 Å². The summed E-state index contributed by atoms with van der Waals surface area (Å²) in [6, 6.07) is 5.04. The molecule has 1 aliphatic rings. The van der Waals surface area contributed by atoms with Gasteiger partial charge in [-0.15, -0.1) is 0 Å². The van der Waals surface area contributed by atoms with Crippen molar-refractivity contribution in [1.82, 2.24) is 5.32 Å². The van der Waals surface area contributed by atoms with Crippen LogP contribution in [0, 0.1) is 0 Å². The number of hydrogen-bond acceptors (Lipinski definition) is 4. The Balaban J connectivity index is 2.18. The van der Waals surface area contributed by atoms with E-state index in [1.54, 1.807) is 18.2 Å². The van der Waals surface area contributed by atoms with Crippen LogP contribution in [0.2, 0.25) is 0 Å². The van der Waals surface area contributed by atoms with E-state index in [2.05, 4.69) is 5.32 Å². The van der Waals surface area contributed by atoms with Gasteiger partial charge in [0.05, 0.1) is 0 Å². The fraction of sp³-hybridized carbons (Fsp3) is 0.417. The molecular weight excluding hydrogens is 222 g/mol. The molecule has 17 heavy (non-hydrogen) atoms. The molecule has 0 saturated carbocycles. The first-order chi connectivity index (χ1) is 8.06. The lowest BCUT2D eigenvalue weighted by Crippen LogP contribution is -2.33. The second-order valence-corrected chi connectivity index (χ2v) is 3.94. The summed E-state index contributed by atoms with van der Waals surface area (Å²) < 4.78 is 16.3. The third-order valence-corrected chi connectivity index (χ3v) is 2.62. The Morgan fingerprint density at radius 1 is 1.41 bits per heavy atom. The van der Waals surface area contributed by atoms with Crippen LogP contribution in [-0.2, 0) is 0 Å². The molecule has 0 bridgehead atoms. The van der Waals surface area contributed by atoms with E-state index < -0.39 is 11.9 Å². The summed E-state index contributed by atoms with van der Waals surface area (Å²) in [7, 11) is 1.50. The van der Waals surface area contributed by atoms with E-state index in [4.69, 9.17) is 14.2 Å². The van der Waals surface area contributed by atoms with Crippen LogP contribution in [0.15, 0.2) is 18.2 Å². The summed E-state index contributed by atoms with van der Waals surface area (Å²) >= 11 is 0. The third kappa shape index (κ3) is 2.27. The number of nitrogens with one attached hydrogen (secondary N) is 1. The molecule has 0 fully saturated rings. The Morgan fingerprint density at radius 3 is 2.76 bits per heavy atom. The number of fused-ring (bicyclic) bond motifs is 1. The second-order valence-electron chi connectivity index (χ2n) is 3.94. The molecule has 1 unspecified atom stereocenters. The van der Waals surface area contributed by atoms with E-state index in [-0.39, 0.29) is 0 Å². The third-order valence-electron chi connectivity index (χ3n) is 2.62. The van der Waals surface area contributed by atoms with Crippen molar-refractivity contribution in [2.75, 3.05) is 7.05 Å². The van der Waals surface area contributed by atoms with E-state index in [9.17, 15) is 4.79 Å². The maximum absolute atomic E-state index is 11.1. The Labute approximate surface area is 99.7 Å². The van der Waals surface area contributed by atoms with E-state index in [1.807, 2.05) is 13.8 Å². The summed E-state index contributed by atoms with van der Waals surface area (Å²) in [5, 5.41) is 2.38. The fourth-order valence-corrected chi connectivity index (χ4v) is 1.50. The summed E-state index contributed by atoms with van der Waals surface area (Å²) in [6.07, 6.45) is 0.218. The van der Waals surface area contributed by atoms with Gasteiger partial charge in [0.1, 0.15) is 5.75 Å². The summed E-state index contributed by atoms with van der Waals surface area (Å²) in [5.74, 6) is 1.05. The number of carbonyl (C=O) groups is 1. The highest BCUT2D eigenvalue weighted by molar-refractivity contribution is 5.70. The molecule has 0 saturated heterocycles. The van der Waals surface area contributed by atoms with Crippen LogP contribution in [-0.4, -0.2) is 18.9 Å². The van der Waals surface area contributed by atoms with Gasteiger partial charge in [0.25, 0.3) is 0 Å². The van der Waals surface area contributed by atoms with Gasteiger partial charge in [0, 0.05) is 26.5 Å². The number of benzene rings is 1. The average Bonchev–Trinajstić information content (AvgIpc) is 2.65. The van der Waals surface area contributed by atoms with E-state index in [1.165, 1.54) is 7.05 Å². The molecule has 1 aliphatic heterocycles. The van der Waals surface area contributed by atoms with Gasteiger partial charge in [-0.3, -0.25) is 0 Å². The molecule has 0 aliphatic carbocycles. The Bertz CT molecular complexity index is 446. The quantitative estimate of drug-likeness (QED) is 0.857. The highest BCUT2D eigenvalue weighted by atomic mass is 16.7. The molecule has 1 aromatic rings. The molecule has 5 nitrogen and oxygen atoms in total. The average molecular weight is 237 g/mol. The van der Waals surface area contributed by atoms with Crippen molar-refractivity contribution in [3.8, 4) is 17.2 Å². The molecule has 1 aromatic carbocycles. The van der Waals surface area contributed by atoms with Crippen molar-refractivity contribution < 1.29 is 19.0 Å². The predicted octanol–water partition coefficient (Wildman–Crippen LogP) is 2.30. The fourth-order valence-electron chi connectivity index (χ4n) is 1.50. The van der Waals surface area contributed by atoms with Crippen LogP contribution in [0.4, 0.5) is 4.79 Å². The molecule has 0 aromatic heterocycles. The van der Waals surface area contributed by atoms with E-state index >= 15 is 0 Å². The van der Waals surface area contributed by atoms with Crippen LogP contribution in [0.25, 0.3) is 0 Å². The lowest BCUT2D eigenvalue weighted by Gasteiger charge is -2.20. The highest BCUT2D eigenvalue weighted by Gasteiger charge is 2.35. The van der Waals surface area contributed by atoms with Gasteiger partial charge in [0.15, 0.2) is 11.5 Å². The van der Waals surface area contributed by atoms with Crippen molar-refractivity contribution >= 4 is 6.09 Å². The molecule has 1 N–H and O–H groups in total. The van der Waals surface area contributed by atoms with Crippen molar-refractivity contribution in [2.24, 2.45) is 0 Å². The smallest absolute Gasteiger partial charge is 0.412 e. The van der Waals surface area contributed by atoms with Gasteiger partial charge in [-0.25, -0.2) is 4.79 Å². The predicted molar refractivity (Wildman–Crippen MR) is 61.5 cm³/mol. The summed E-state index contributed by atoms with van der Waals surface area (Å²) in [5.41, 5.74) is 0. The van der Waals surface area contributed by atoms with Crippen molar-refractivity contribution in [3.63, 3.8) is 0 Å². The van der Waals surface area contributed by atoms with Crippen LogP contribution in [0.3, 0.4) is 0 Å². The van der Waals surface area contributed by atoms with Crippen molar-refractivity contribution in [3.05, 3.63) is 18.2 Å². The maximum atomic E-state index is 11.1. The molecule has 0 spiro atoms. The summed E-state index contributed by atoms with van der Waals surface area (Å²) in [4.78, 5) is 11.1. The van der Waals surface area contributed by atoms with Gasteiger partial charge in [0.2, 0.25) is 5.79 Å². The number of carbonyl (C=O) groups excluding carboxylic acids is 1. The number of hydrogen-bond donors (Lipinski definition) is 1. The molecule has 1 atom stereocenters. The molecule has 5 heteroatoms. The van der Waals surface area contributed by atoms with Gasteiger partial charge in [-0.1, -0.05) is 6.92 Å². The van der Waals surface area contributed by atoms with E-state index in [0.717, 1.165) is 6.42 Å². The number of ether oxygens (including phenoxy) is 3. The molecule has 92 valence electrons. The Kier molecular flexibility index (Phi) is 2.83.